The number of fused-ring (bicyclic) bond motifs is 3. The van der Waals surface area contributed by atoms with Crippen LogP contribution in [0, 0.1) is 6.92 Å². The fourth-order valence-electron chi connectivity index (χ4n) is 5.01. The third-order valence-corrected chi connectivity index (χ3v) is 7.47. The lowest BCUT2D eigenvalue weighted by atomic mass is 9.49. The number of aromatic nitrogens is 1. The Kier molecular flexibility index (Phi) is 5.19. The molecule has 5 nitrogen and oxygen atoms in total. The maximum atomic E-state index is 12.5. The molecular weight excluding hydrogens is 421 g/mol. The second-order valence-corrected chi connectivity index (χ2v) is 10.8. The number of hydrogen-bond donors (Lipinski definition) is 1. The van der Waals surface area contributed by atoms with E-state index >= 15 is 0 Å². The number of aliphatic carboxylic acids is 1. The lowest BCUT2D eigenvalue weighted by molar-refractivity contribution is -0.160. The number of pyridine rings is 1. The summed E-state index contributed by atoms with van der Waals surface area (Å²) in [6.07, 6.45) is 1.78. The van der Waals surface area contributed by atoms with Gasteiger partial charge in [0.05, 0.1) is 5.60 Å². The molecule has 7 heteroatoms. The molecule has 1 atom stereocenters. The summed E-state index contributed by atoms with van der Waals surface area (Å²) in [6, 6.07) is 6.51. The van der Waals surface area contributed by atoms with Crippen molar-refractivity contribution in [3.63, 3.8) is 0 Å². The first-order valence-corrected chi connectivity index (χ1v) is 12.1. The molecule has 2 aliphatic heterocycles. The predicted octanol–water partition coefficient (Wildman–Crippen LogP) is 4.16. The van der Waals surface area contributed by atoms with Gasteiger partial charge in [0.1, 0.15) is 4.83 Å². The number of aryl methyl sites for hydroxylation is 3. The standard InChI is InChI=1S/C25H28BNO4S/c1-6-14-9-10-15-16(12-14)26-21-17(8-7-11-30-26)32-23-20(21)19(15)18(13(2)27-23)22(24(28)29)31-25(3,4)5/h9-10,12,22H,6-8,11H2,1-5H3,(H,28,29). The van der Waals surface area contributed by atoms with Gasteiger partial charge in [0, 0.05) is 28.1 Å². The molecule has 1 N–H and O–H groups in total. The van der Waals surface area contributed by atoms with Crippen LogP contribution in [-0.4, -0.2) is 35.2 Å². The molecule has 0 saturated carbocycles. The lowest BCUT2D eigenvalue weighted by Gasteiger charge is -2.31. The van der Waals surface area contributed by atoms with Crippen LogP contribution in [0.2, 0.25) is 0 Å². The maximum absolute atomic E-state index is 12.5. The van der Waals surface area contributed by atoms with E-state index < -0.39 is 17.7 Å². The SMILES string of the molecule is CCc1ccc2c(c1)B1OCCCc3sc4nc(C)c(C(OC(C)(C)C)C(=O)O)c-2c4c31. The van der Waals surface area contributed by atoms with Gasteiger partial charge in [0.25, 0.3) is 0 Å². The largest absolute Gasteiger partial charge is 0.479 e. The van der Waals surface area contributed by atoms with Gasteiger partial charge >= 0.3 is 12.9 Å². The number of hydrogen-bond acceptors (Lipinski definition) is 5. The molecule has 0 fully saturated rings. The zero-order valence-corrected chi connectivity index (χ0v) is 20.1. The van der Waals surface area contributed by atoms with Crippen LogP contribution >= 0.6 is 11.3 Å². The molecule has 1 aromatic carbocycles. The Bertz CT molecular complexity index is 1240. The van der Waals surface area contributed by atoms with Crippen molar-refractivity contribution in [2.45, 2.75) is 65.6 Å². The maximum Gasteiger partial charge on any atom is 0.364 e. The van der Waals surface area contributed by atoms with Crippen LogP contribution in [0.3, 0.4) is 0 Å². The average Bonchev–Trinajstić information content (AvgIpc) is 2.94. The quantitative estimate of drug-likeness (QED) is 0.606. The Morgan fingerprint density at radius 3 is 2.84 bits per heavy atom. The second kappa shape index (κ2) is 7.68. The molecule has 4 heterocycles. The smallest absolute Gasteiger partial charge is 0.364 e. The van der Waals surface area contributed by atoms with Gasteiger partial charge in [-0.1, -0.05) is 25.1 Å². The zero-order valence-electron chi connectivity index (χ0n) is 19.2. The van der Waals surface area contributed by atoms with Gasteiger partial charge in [-0.05, 0) is 74.6 Å². The summed E-state index contributed by atoms with van der Waals surface area (Å²) in [5, 5.41) is 11.3. The minimum absolute atomic E-state index is 0.126. The van der Waals surface area contributed by atoms with E-state index in [0.29, 0.717) is 11.3 Å². The predicted molar refractivity (Wildman–Crippen MR) is 130 cm³/mol. The van der Waals surface area contributed by atoms with Crippen molar-refractivity contribution in [1.82, 2.24) is 4.98 Å². The van der Waals surface area contributed by atoms with Crippen molar-refractivity contribution in [1.29, 1.82) is 0 Å². The van der Waals surface area contributed by atoms with Crippen LogP contribution in [-0.2, 0) is 27.0 Å². The van der Waals surface area contributed by atoms with Gasteiger partial charge in [0.2, 0.25) is 0 Å². The average molecular weight is 449 g/mol. The number of carboxylic acids is 1. The lowest BCUT2D eigenvalue weighted by Crippen LogP contribution is -2.49. The number of thiophene rings is 1. The number of rotatable bonds is 4. The topological polar surface area (TPSA) is 68.7 Å². The van der Waals surface area contributed by atoms with Crippen LogP contribution in [0.15, 0.2) is 18.2 Å². The van der Waals surface area contributed by atoms with Gasteiger partial charge in [-0.15, -0.1) is 11.3 Å². The summed E-state index contributed by atoms with van der Waals surface area (Å²) in [7, 11) is 0. The molecule has 32 heavy (non-hydrogen) atoms. The van der Waals surface area contributed by atoms with E-state index in [1.165, 1.54) is 15.9 Å². The molecule has 0 aliphatic carbocycles. The molecule has 5 rings (SSSR count). The highest BCUT2D eigenvalue weighted by Gasteiger charge is 2.41. The van der Waals surface area contributed by atoms with Crippen LogP contribution in [0.1, 0.15) is 61.9 Å². The fraction of sp³-hybridized carbons (Fsp3) is 0.440. The van der Waals surface area contributed by atoms with Gasteiger partial charge < -0.3 is 14.5 Å². The van der Waals surface area contributed by atoms with E-state index in [1.807, 2.05) is 27.7 Å². The first-order chi connectivity index (χ1) is 15.2. The van der Waals surface area contributed by atoms with Crippen molar-refractivity contribution < 1.29 is 19.3 Å². The first-order valence-electron chi connectivity index (χ1n) is 11.3. The highest BCUT2D eigenvalue weighted by atomic mass is 32.1. The summed E-state index contributed by atoms with van der Waals surface area (Å²) in [4.78, 5) is 19.6. The normalized spacial score (nSPS) is 16.1. The molecule has 0 amide bonds. The van der Waals surface area contributed by atoms with Crippen molar-refractivity contribution in [2.24, 2.45) is 0 Å². The van der Waals surface area contributed by atoms with Crippen LogP contribution < -0.4 is 10.9 Å². The second-order valence-electron chi connectivity index (χ2n) is 9.68. The summed E-state index contributed by atoms with van der Waals surface area (Å²) in [5.41, 5.74) is 6.33. The van der Waals surface area contributed by atoms with Crippen molar-refractivity contribution >= 4 is 45.4 Å². The van der Waals surface area contributed by atoms with Crippen molar-refractivity contribution in [3.05, 3.63) is 39.9 Å². The van der Waals surface area contributed by atoms with Crippen molar-refractivity contribution in [3.8, 4) is 11.1 Å². The number of benzene rings is 1. The number of nitrogens with zero attached hydrogens (tertiary/aromatic N) is 1. The number of carboxylic acid groups (broad SMARTS) is 1. The Hall–Kier alpha value is -2.22. The van der Waals surface area contributed by atoms with Gasteiger partial charge in [-0.3, -0.25) is 0 Å². The van der Waals surface area contributed by atoms with Crippen LogP contribution in [0.4, 0.5) is 0 Å². The fourth-order valence-corrected chi connectivity index (χ4v) is 6.31. The third-order valence-electron chi connectivity index (χ3n) is 6.31. The van der Waals surface area contributed by atoms with E-state index in [-0.39, 0.29) is 6.92 Å². The molecule has 0 saturated heterocycles. The summed E-state index contributed by atoms with van der Waals surface area (Å²) in [6.45, 7) is 10.3. The molecule has 2 aliphatic rings. The summed E-state index contributed by atoms with van der Waals surface area (Å²) in [5.74, 6) is -0.994. The van der Waals surface area contributed by atoms with Gasteiger partial charge in [-0.25, -0.2) is 9.78 Å². The van der Waals surface area contributed by atoms with Gasteiger partial charge in [-0.2, -0.15) is 0 Å². The van der Waals surface area contributed by atoms with Crippen LogP contribution in [0.5, 0.6) is 0 Å². The zero-order chi connectivity index (χ0) is 22.8. The highest BCUT2D eigenvalue weighted by Crippen LogP contribution is 2.43. The Morgan fingerprint density at radius 2 is 2.16 bits per heavy atom. The minimum Gasteiger partial charge on any atom is -0.479 e. The minimum atomic E-state index is -1.10. The molecule has 1 unspecified atom stereocenters. The van der Waals surface area contributed by atoms with E-state index in [4.69, 9.17) is 14.4 Å². The van der Waals surface area contributed by atoms with Crippen molar-refractivity contribution in [2.75, 3.05) is 6.61 Å². The molecule has 0 radical (unpaired) electrons. The first kappa shape index (κ1) is 21.6. The monoisotopic (exact) mass is 449 g/mol. The summed E-state index contributed by atoms with van der Waals surface area (Å²) < 4.78 is 12.5. The molecule has 0 bridgehead atoms. The highest BCUT2D eigenvalue weighted by molar-refractivity contribution is 7.21. The van der Waals surface area contributed by atoms with Crippen LogP contribution in [0.25, 0.3) is 21.3 Å². The van der Waals surface area contributed by atoms with E-state index in [2.05, 4.69) is 25.1 Å². The number of ether oxygens (including phenoxy) is 1. The summed E-state index contributed by atoms with van der Waals surface area (Å²) >= 11 is 1.73. The van der Waals surface area contributed by atoms with E-state index in [0.717, 1.165) is 52.7 Å². The van der Waals surface area contributed by atoms with E-state index in [9.17, 15) is 9.90 Å². The Balaban J connectivity index is 1.89. The molecular formula is C25H28BNO4S. The molecule has 3 aromatic rings. The Morgan fingerprint density at radius 1 is 1.38 bits per heavy atom. The van der Waals surface area contributed by atoms with Gasteiger partial charge in [0.15, 0.2) is 6.10 Å². The molecule has 166 valence electrons. The Labute approximate surface area is 192 Å². The molecule has 0 spiro atoms. The number of carbonyl (C=O) groups is 1. The molecule has 2 aromatic heterocycles. The third kappa shape index (κ3) is 3.38. The van der Waals surface area contributed by atoms with E-state index in [1.54, 1.807) is 11.3 Å².